The number of likely N-dealkylation sites (tertiary alicyclic amines) is 1. The van der Waals surface area contributed by atoms with Gasteiger partial charge in [-0.25, -0.2) is 0 Å². The van der Waals surface area contributed by atoms with Crippen molar-refractivity contribution >= 4 is 0 Å². The van der Waals surface area contributed by atoms with Gasteiger partial charge in [0.2, 0.25) is 0 Å². The molecular weight excluding hydrogens is 192 g/mol. The summed E-state index contributed by atoms with van der Waals surface area (Å²) in [6.07, 6.45) is 0.903. The minimum absolute atomic E-state index is 0.335. The molecule has 1 heterocycles. The Morgan fingerprint density at radius 3 is 3.07 bits per heavy atom. The Morgan fingerprint density at radius 2 is 2.40 bits per heavy atom. The second kappa shape index (κ2) is 7.17. The number of rotatable bonds is 7. The highest BCUT2D eigenvalue weighted by atomic mass is 16.5. The van der Waals surface area contributed by atoms with E-state index in [0.717, 1.165) is 32.1 Å². The maximum atomic E-state index is 9.67. The molecule has 0 saturated carbocycles. The first-order valence-electron chi connectivity index (χ1n) is 5.89. The molecule has 2 N–H and O–H groups in total. The number of ether oxygens (including phenoxy) is 1. The molecule has 1 fully saturated rings. The average molecular weight is 216 g/mol. The maximum absolute atomic E-state index is 9.67. The molecule has 0 amide bonds. The molecule has 0 bridgehead atoms. The maximum Gasteiger partial charge on any atom is 0.0900 e. The minimum Gasteiger partial charge on any atom is -0.389 e. The molecule has 0 aromatic carbocycles. The van der Waals surface area contributed by atoms with Crippen molar-refractivity contribution in [2.45, 2.75) is 19.4 Å². The molecule has 0 radical (unpaired) electrons. The molecule has 0 aliphatic carbocycles. The topological polar surface area (TPSA) is 44.7 Å². The highest BCUT2D eigenvalue weighted by molar-refractivity contribution is 4.78. The van der Waals surface area contributed by atoms with E-state index in [2.05, 4.69) is 10.2 Å². The van der Waals surface area contributed by atoms with Gasteiger partial charge in [0, 0.05) is 19.7 Å². The first-order chi connectivity index (χ1) is 7.26. The van der Waals surface area contributed by atoms with Crippen molar-refractivity contribution in [1.82, 2.24) is 10.2 Å². The lowest BCUT2D eigenvalue weighted by Gasteiger charge is -2.19. The van der Waals surface area contributed by atoms with Crippen LogP contribution in [0.25, 0.3) is 0 Å². The summed E-state index contributed by atoms with van der Waals surface area (Å²) in [6, 6.07) is 0. The Labute approximate surface area is 92.6 Å². The van der Waals surface area contributed by atoms with Crippen molar-refractivity contribution in [3.05, 3.63) is 0 Å². The van der Waals surface area contributed by atoms with Crippen LogP contribution >= 0.6 is 0 Å². The fourth-order valence-electron chi connectivity index (χ4n) is 2.14. The fourth-order valence-corrected chi connectivity index (χ4v) is 2.14. The van der Waals surface area contributed by atoms with Crippen molar-refractivity contribution in [3.63, 3.8) is 0 Å². The van der Waals surface area contributed by atoms with Crippen molar-refractivity contribution in [3.8, 4) is 0 Å². The smallest absolute Gasteiger partial charge is 0.0900 e. The van der Waals surface area contributed by atoms with E-state index in [1.807, 2.05) is 14.0 Å². The standard InChI is InChI=1S/C11H24N2O2/c1-3-15-9-11(14)8-13-5-4-10(7-13)6-12-2/h10-12,14H,3-9H2,1-2H3. The summed E-state index contributed by atoms with van der Waals surface area (Å²) >= 11 is 0. The van der Waals surface area contributed by atoms with Crippen LogP contribution < -0.4 is 5.32 Å². The number of β-amino-alcohol motifs (C(OH)–C–C–N with tert-alkyl or cyclic N) is 1. The van der Waals surface area contributed by atoms with Crippen LogP contribution in [-0.4, -0.2) is 62.6 Å². The molecular formula is C11H24N2O2. The normalized spacial score (nSPS) is 24.6. The Balaban J connectivity index is 2.12. The van der Waals surface area contributed by atoms with Gasteiger partial charge in [0.05, 0.1) is 12.7 Å². The molecule has 1 aliphatic heterocycles. The Kier molecular flexibility index (Phi) is 6.17. The van der Waals surface area contributed by atoms with Crippen LogP contribution in [0.3, 0.4) is 0 Å². The van der Waals surface area contributed by atoms with Crippen molar-refractivity contribution in [2.75, 3.05) is 46.4 Å². The van der Waals surface area contributed by atoms with Gasteiger partial charge in [0.1, 0.15) is 0 Å². The van der Waals surface area contributed by atoms with Crippen LogP contribution in [0, 0.1) is 5.92 Å². The molecule has 1 rings (SSSR count). The zero-order valence-electron chi connectivity index (χ0n) is 9.91. The summed E-state index contributed by atoms with van der Waals surface area (Å²) in [5.74, 6) is 0.745. The predicted molar refractivity (Wildman–Crippen MR) is 61.0 cm³/mol. The zero-order valence-corrected chi connectivity index (χ0v) is 9.91. The van der Waals surface area contributed by atoms with Gasteiger partial charge < -0.3 is 20.1 Å². The first-order valence-corrected chi connectivity index (χ1v) is 5.89. The third-order valence-electron chi connectivity index (χ3n) is 2.85. The molecule has 0 spiro atoms. The first kappa shape index (κ1) is 12.9. The third-order valence-corrected chi connectivity index (χ3v) is 2.85. The fraction of sp³-hybridized carbons (Fsp3) is 1.00. The lowest BCUT2D eigenvalue weighted by molar-refractivity contribution is 0.0246. The second-order valence-electron chi connectivity index (χ2n) is 4.29. The van der Waals surface area contributed by atoms with E-state index in [9.17, 15) is 5.11 Å². The third kappa shape index (κ3) is 4.93. The Morgan fingerprint density at radius 1 is 1.60 bits per heavy atom. The lowest BCUT2D eigenvalue weighted by Crippen LogP contribution is -2.34. The second-order valence-corrected chi connectivity index (χ2v) is 4.29. The van der Waals surface area contributed by atoms with Crippen molar-refractivity contribution in [2.24, 2.45) is 5.92 Å². The van der Waals surface area contributed by atoms with Gasteiger partial charge in [-0.05, 0) is 39.4 Å². The van der Waals surface area contributed by atoms with Crippen molar-refractivity contribution < 1.29 is 9.84 Å². The molecule has 4 heteroatoms. The number of hydrogen-bond acceptors (Lipinski definition) is 4. The molecule has 0 aromatic rings. The summed E-state index contributed by atoms with van der Waals surface area (Å²) < 4.78 is 5.19. The van der Waals surface area contributed by atoms with Crippen molar-refractivity contribution in [1.29, 1.82) is 0 Å². The monoisotopic (exact) mass is 216 g/mol. The molecule has 1 aliphatic rings. The molecule has 1 saturated heterocycles. The van der Waals surface area contributed by atoms with Crippen LogP contribution in [0.1, 0.15) is 13.3 Å². The Bertz CT molecular complexity index is 167. The van der Waals surface area contributed by atoms with E-state index in [1.54, 1.807) is 0 Å². The summed E-state index contributed by atoms with van der Waals surface area (Å²) in [6.45, 7) is 7.13. The van der Waals surface area contributed by atoms with E-state index in [4.69, 9.17) is 4.74 Å². The van der Waals surface area contributed by atoms with Gasteiger partial charge in [0.25, 0.3) is 0 Å². The summed E-state index contributed by atoms with van der Waals surface area (Å²) in [7, 11) is 1.99. The number of aliphatic hydroxyl groups excluding tert-OH is 1. The predicted octanol–water partition coefficient (Wildman–Crippen LogP) is -0.0749. The SMILES string of the molecule is CCOCC(O)CN1CCC(CNC)C1. The Hall–Kier alpha value is -0.160. The largest absolute Gasteiger partial charge is 0.389 e. The van der Waals surface area contributed by atoms with E-state index in [0.29, 0.717) is 13.2 Å². The van der Waals surface area contributed by atoms with Crippen LogP contribution in [0.4, 0.5) is 0 Å². The van der Waals surface area contributed by atoms with Crippen LogP contribution in [0.2, 0.25) is 0 Å². The van der Waals surface area contributed by atoms with E-state index in [-0.39, 0.29) is 6.10 Å². The van der Waals surface area contributed by atoms with E-state index in [1.165, 1.54) is 6.42 Å². The van der Waals surface area contributed by atoms with Crippen LogP contribution in [-0.2, 0) is 4.74 Å². The molecule has 2 atom stereocenters. The van der Waals surface area contributed by atoms with Crippen LogP contribution in [0.15, 0.2) is 0 Å². The number of aliphatic hydroxyl groups is 1. The number of hydrogen-bond donors (Lipinski definition) is 2. The van der Waals surface area contributed by atoms with Crippen LogP contribution in [0.5, 0.6) is 0 Å². The number of nitrogens with zero attached hydrogens (tertiary/aromatic N) is 1. The quantitative estimate of drug-likeness (QED) is 0.625. The molecule has 4 nitrogen and oxygen atoms in total. The van der Waals surface area contributed by atoms with Gasteiger partial charge in [-0.1, -0.05) is 0 Å². The van der Waals surface area contributed by atoms with Gasteiger partial charge >= 0.3 is 0 Å². The van der Waals surface area contributed by atoms with Gasteiger partial charge in [-0.3, -0.25) is 0 Å². The highest BCUT2D eigenvalue weighted by Crippen LogP contribution is 2.15. The zero-order chi connectivity index (χ0) is 11.1. The average Bonchev–Trinajstić information content (AvgIpc) is 2.63. The highest BCUT2D eigenvalue weighted by Gasteiger charge is 2.23. The summed E-state index contributed by atoms with van der Waals surface area (Å²) in [4.78, 5) is 2.33. The van der Waals surface area contributed by atoms with Gasteiger partial charge in [-0.15, -0.1) is 0 Å². The van der Waals surface area contributed by atoms with Gasteiger partial charge in [-0.2, -0.15) is 0 Å². The summed E-state index contributed by atoms with van der Waals surface area (Å²) in [5, 5.41) is 12.9. The molecule has 90 valence electrons. The van der Waals surface area contributed by atoms with E-state index >= 15 is 0 Å². The van der Waals surface area contributed by atoms with Gasteiger partial charge in [0.15, 0.2) is 0 Å². The molecule has 0 aromatic heterocycles. The lowest BCUT2D eigenvalue weighted by atomic mass is 10.1. The van der Waals surface area contributed by atoms with E-state index < -0.39 is 0 Å². The molecule has 2 unspecified atom stereocenters. The minimum atomic E-state index is -0.335. The molecule has 15 heavy (non-hydrogen) atoms. The number of nitrogens with one attached hydrogen (secondary N) is 1. The summed E-state index contributed by atoms with van der Waals surface area (Å²) in [5.41, 5.74) is 0.